The Bertz CT molecular complexity index is 1190. The van der Waals surface area contributed by atoms with Crippen LogP contribution in [0.3, 0.4) is 0 Å². The van der Waals surface area contributed by atoms with Crippen molar-refractivity contribution in [2.45, 2.75) is 30.8 Å². The molecule has 5 rings (SSSR count). The Morgan fingerprint density at radius 1 is 0.917 bits per heavy atom. The molecule has 3 heterocycles. The zero-order valence-corrected chi connectivity index (χ0v) is 20.1. The topological polar surface area (TPSA) is 114 Å². The summed E-state index contributed by atoms with van der Waals surface area (Å²) in [6, 6.07) is 14.0. The standard InChI is InChI=1S/C26H27N3O7/c1-28-23(30)17-18(24(28)31)20(26(33)35-3)27-19(17)21-22(36-13-14-7-5-4-6-8-14)25(32)29(21)15-9-11-16(34-2)12-10-15/h4-12,17-22,27H,13H2,1-3H3/t17-,18+,19+,20-,21+,22-/m1/s1. The van der Waals surface area contributed by atoms with Crippen molar-refractivity contribution in [1.29, 1.82) is 0 Å². The minimum Gasteiger partial charge on any atom is -0.497 e. The molecule has 0 bridgehead atoms. The van der Waals surface area contributed by atoms with E-state index in [1.165, 1.54) is 14.2 Å². The predicted molar refractivity (Wildman–Crippen MR) is 127 cm³/mol. The van der Waals surface area contributed by atoms with Gasteiger partial charge in [-0.15, -0.1) is 0 Å². The highest BCUT2D eigenvalue weighted by molar-refractivity contribution is 6.10. The van der Waals surface area contributed by atoms with E-state index in [0.29, 0.717) is 11.4 Å². The SMILES string of the molecule is COC(=O)[C@@H]1N[C@H]([C@H]2[C@@H](OCc3ccccc3)C(=O)N2c2ccc(OC)cc2)[C@@H]2C(=O)N(C)C(=O)[C@@H]21. The molecule has 3 aliphatic heterocycles. The third kappa shape index (κ3) is 3.73. The zero-order chi connectivity index (χ0) is 25.6. The third-order valence-corrected chi connectivity index (χ3v) is 7.27. The number of ether oxygens (including phenoxy) is 3. The first kappa shape index (κ1) is 24.0. The van der Waals surface area contributed by atoms with E-state index >= 15 is 0 Å². The van der Waals surface area contributed by atoms with Gasteiger partial charge in [0, 0.05) is 18.8 Å². The van der Waals surface area contributed by atoms with E-state index in [0.717, 1.165) is 10.5 Å². The van der Waals surface area contributed by atoms with Gasteiger partial charge in [-0.25, -0.2) is 0 Å². The van der Waals surface area contributed by atoms with Crippen molar-refractivity contribution in [2.24, 2.45) is 11.8 Å². The van der Waals surface area contributed by atoms with Crippen molar-refractivity contribution in [2.75, 3.05) is 26.2 Å². The number of benzene rings is 2. The molecule has 2 aromatic rings. The van der Waals surface area contributed by atoms with E-state index in [4.69, 9.17) is 14.2 Å². The highest BCUT2D eigenvalue weighted by Gasteiger charge is 2.66. The van der Waals surface area contributed by atoms with Crippen LogP contribution >= 0.6 is 0 Å². The van der Waals surface area contributed by atoms with Crippen LogP contribution in [-0.4, -0.2) is 74.1 Å². The van der Waals surface area contributed by atoms with E-state index < -0.39 is 53.8 Å². The van der Waals surface area contributed by atoms with E-state index in [-0.39, 0.29) is 12.5 Å². The van der Waals surface area contributed by atoms with E-state index in [1.807, 2.05) is 30.3 Å². The molecule has 188 valence electrons. The number of fused-ring (bicyclic) bond motifs is 1. The smallest absolute Gasteiger partial charge is 0.323 e. The van der Waals surface area contributed by atoms with Gasteiger partial charge in [-0.1, -0.05) is 30.3 Å². The van der Waals surface area contributed by atoms with Crippen LogP contribution in [0.1, 0.15) is 5.56 Å². The summed E-state index contributed by atoms with van der Waals surface area (Å²) in [6.45, 7) is 0.193. The van der Waals surface area contributed by atoms with Gasteiger partial charge in [0.05, 0.1) is 38.7 Å². The molecule has 0 spiro atoms. The number of likely N-dealkylation sites (tertiary alicyclic amines) is 1. The van der Waals surface area contributed by atoms with Crippen LogP contribution in [0.25, 0.3) is 0 Å². The molecule has 36 heavy (non-hydrogen) atoms. The third-order valence-electron chi connectivity index (χ3n) is 7.27. The van der Waals surface area contributed by atoms with Gasteiger partial charge in [0.25, 0.3) is 5.91 Å². The number of carbonyl (C=O) groups is 4. The molecule has 10 nitrogen and oxygen atoms in total. The summed E-state index contributed by atoms with van der Waals surface area (Å²) in [6.07, 6.45) is -0.879. The number of anilines is 1. The number of β-lactam (4-membered cyclic amide) rings is 1. The Morgan fingerprint density at radius 3 is 2.22 bits per heavy atom. The van der Waals surface area contributed by atoms with Crippen LogP contribution < -0.4 is 15.0 Å². The second-order valence-electron chi connectivity index (χ2n) is 9.09. The Kier molecular flexibility index (Phi) is 6.23. The van der Waals surface area contributed by atoms with E-state index in [1.54, 1.807) is 36.3 Å². The number of nitrogens with zero attached hydrogens (tertiary/aromatic N) is 2. The molecule has 0 radical (unpaired) electrons. The van der Waals surface area contributed by atoms with Gasteiger partial charge < -0.3 is 19.1 Å². The normalized spacial score (nSPS) is 29.2. The van der Waals surface area contributed by atoms with Crippen LogP contribution in [0.15, 0.2) is 54.6 Å². The maximum Gasteiger partial charge on any atom is 0.323 e. The fourth-order valence-corrected chi connectivity index (χ4v) is 5.46. The molecule has 0 aromatic heterocycles. The van der Waals surface area contributed by atoms with Crippen molar-refractivity contribution < 1.29 is 33.4 Å². The Balaban J connectivity index is 1.50. The molecule has 2 aromatic carbocycles. The molecule has 6 atom stereocenters. The second kappa shape index (κ2) is 9.36. The van der Waals surface area contributed by atoms with Gasteiger partial charge in [-0.05, 0) is 29.8 Å². The summed E-state index contributed by atoms with van der Waals surface area (Å²) < 4.78 is 16.2. The molecule has 1 N–H and O–H groups in total. The lowest BCUT2D eigenvalue weighted by molar-refractivity contribution is -0.149. The molecular formula is C26H27N3O7. The van der Waals surface area contributed by atoms with Gasteiger partial charge in [0.15, 0.2) is 6.10 Å². The fourth-order valence-electron chi connectivity index (χ4n) is 5.46. The number of carbonyl (C=O) groups excluding carboxylic acids is 4. The summed E-state index contributed by atoms with van der Waals surface area (Å²) in [5.74, 6) is -2.87. The summed E-state index contributed by atoms with van der Waals surface area (Å²) in [4.78, 5) is 54.6. The molecular weight excluding hydrogens is 466 g/mol. The number of esters is 1. The van der Waals surface area contributed by atoms with Gasteiger partial charge in [-0.2, -0.15) is 0 Å². The molecule has 0 unspecified atom stereocenters. The first-order valence-corrected chi connectivity index (χ1v) is 11.6. The van der Waals surface area contributed by atoms with Crippen LogP contribution in [0.2, 0.25) is 0 Å². The molecule has 10 heteroatoms. The molecule has 3 amide bonds. The van der Waals surface area contributed by atoms with E-state index in [2.05, 4.69) is 5.32 Å². The van der Waals surface area contributed by atoms with Crippen molar-refractivity contribution in [3.63, 3.8) is 0 Å². The first-order chi connectivity index (χ1) is 17.4. The highest BCUT2D eigenvalue weighted by Crippen LogP contribution is 2.44. The fraction of sp³-hybridized carbons (Fsp3) is 0.385. The van der Waals surface area contributed by atoms with Crippen molar-refractivity contribution in [3.05, 3.63) is 60.2 Å². The number of imide groups is 1. The molecule has 0 aliphatic carbocycles. The summed E-state index contributed by atoms with van der Waals surface area (Å²) in [5, 5.41) is 3.16. The quantitative estimate of drug-likeness (QED) is 0.341. The number of nitrogens with one attached hydrogen (secondary N) is 1. The van der Waals surface area contributed by atoms with Crippen LogP contribution in [0.5, 0.6) is 5.75 Å². The lowest BCUT2D eigenvalue weighted by Crippen LogP contribution is -2.73. The highest BCUT2D eigenvalue weighted by atomic mass is 16.5. The van der Waals surface area contributed by atoms with Crippen molar-refractivity contribution in [1.82, 2.24) is 10.2 Å². The molecule has 3 saturated heterocycles. The van der Waals surface area contributed by atoms with Gasteiger partial charge in [-0.3, -0.25) is 29.4 Å². The monoisotopic (exact) mass is 493 g/mol. The van der Waals surface area contributed by atoms with E-state index in [9.17, 15) is 19.2 Å². The van der Waals surface area contributed by atoms with Crippen LogP contribution in [0.4, 0.5) is 5.69 Å². The largest absolute Gasteiger partial charge is 0.497 e. The Hall–Kier alpha value is -3.76. The maximum atomic E-state index is 13.4. The number of hydrogen-bond acceptors (Lipinski definition) is 8. The first-order valence-electron chi connectivity index (χ1n) is 11.6. The lowest BCUT2D eigenvalue weighted by atomic mass is 9.80. The minimum absolute atomic E-state index is 0.193. The molecule has 3 aliphatic rings. The number of amides is 3. The Labute approximate surface area is 208 Å². The molecule has 3 fully saturated rings. The van der Waals surface area contributed by atoms with Crippen molar-refractivity contribution in [3.8, 4) is 5.75 Å². The van der Waals surface area contributed by atoms with Crippen molar-refractivity contribution >= 4 is 29.4 Å². The molecule has 0 saturated carbocycles. The Morgan fingerprint density at radius 2 is 1.58 bits per heavy atom. The van der Waals surface area contributed by atoms with Gasteiger partial charge >= 0.3 is 5.97 Å². The zero-order valence-electron chi connectivity index (χ0n) is 20.1. The lowest BCUT2D eigenvalue weighted by Gasteiger charge is -2.50. The van der Waals surface area contributed by atoms with Crippen LogP contribution in [0, 0.1) is 11.8 Å². The summed E-state index contributed by atoms with van der Waals surface area (Å²) >= 11 is 0. The summed E-state index contributed by atoms with van der Waals surface area (Å²) in [7, 11) is 4.19. The van der Waals surface area contributed by atoms with Crippen LogP contribution in [-0.2, 0) is 35.3 Å². The maximum absolute atomic E-state index is 13.4. The average Bonchev–Trinajstić information content (AvgIpc) is 3.39. The summed E-state index contributed by atoms with van der Waals surface area (Å²) in [5.41, 5.74) is 1.49. The number of rotatable bonds is 7. The average molecular weight is 494 g/mol. The van der Waals surface area contributed by atoms with Gasteiger partial charge in [0.2, 0.25) is 11.8 Å². The predicted octanol–water partition coefficient (Wildman–Crippen LogP) is 0.740. The number of hydrogen-bond donors (Lipinski definition) is 1. The second-order valence-corrected chi connectivity index (χ2v) is 9.09. The van der Waals surface area contributed by atoms with Gasteiger partial charge in [0.1, 0.15) is 11.8 Å². The minimum atomic E-state index is -1.01. The number of methoxy groups -OCH3 is 2.